The van der Waals surface area contributed by atoms with Crippen LogP contribution in [-0.2, 0) is 17.7 Å². The normalized spacial score (nSPS) is 10.6. The van der Waals surface area contributed by atoms with Crippen molar-refractivity contribution in [1.29, 1.82) is 0 Å². The molecule has 24 heavy (non-hydrogen) atoms. The fourth-order valence-corrected chi connectivity index (χ4v) is 2.71. The van der Waals surface area contributed by atoms with Gasteiger partial charge in [0.1, 0.15) is 5.82 Å². The van der Waals surface area contributed by atoms with Crippen molar-refractivity contribution in [2.45, 2.75) is 13.0 Å². The van der Waals surface area contributed by atoms with Gasteiger partial charge in [-0.15, -0.1) is 0 Å². The van der Waals surface area contributed by atoms with E-state index in [1.807, 2.05) is 53.2 Å². The molecule has 0 radical (unpaired) electrons. The number of aromatic nitrogens is 2. The van der Waals surface area contributed by atoms with Crippen molar-refractivity contribution in [3.05, 3.63) is 88.5 Å². The molecule has 0 unspecified atom stereocenters. The highest BCUT2D eigenvalue weighted by Crippen LogP contribution is 2.16. The van der Waals surface area contributed by atoms with Crippen LogP contribution in [0.3, 0.4) is 0 Å². The topological polar surface area (TPSA) is 44.1 Å². The molecule has 0 saturated heterocycles. The molecule has 0 aliphatic rings. The number of imidazole rings is 1. The third-order valence-corrected chi connectivity index (χ3v) is 4.09. The van der Waals surface area contributed by atoms with Crippen LogP contribution in [0, 0.1) is 0 Å². The highest BCUT2D eigenvalue weighted by atomic mass is 35.5. The summed E-state index contributed by atoms with van der Waals surface area (Å²) in [4.78, 5) is 16.3. The van der Waals surface area contributed by atoms with Crippen molar-refractivity contribution in [3.8, 4) is 0 Å². The zero-order valence-electron chi connectivity index (χ0n) is 13.3. The van der Waals surface area contributed by atoms with Gasteiger partial charge in [-0.05, 0) is 29.3 Å². The molecular formula is C19H17ClN2O2. The Morgan fingerprint density at radius 2 is 1.92 bits per heavy atom. The number of carbonyl (C=O) groups is 1. The van der Waals surface area contributed by atoms with E-state index in [2.05, 4.69) is 4.98 Å². The third-order valence-electron chi connectivity index (χ3n) is 3.84. The van der Waals surface area contributed by atoms with Crippen molar-refractivity contribution in [3.63, 3.8) is 0 Å². The summed E-state index contributed by atoms with van der Waals surface area (Å²) >= 11 is 5.93. The van der Waals surface area contributed by atoms with E-state index in [4.69, 9.17) is 16.3 Å². The van der Waals surface area contributed by atoms with E-state index >= 15 is 0 Å². The maximum atomic E-state index is 11.9. The smallest absolute Gasteiger partial charge is 0.338 e. The Morgan fingerprint density at radius 3 is 2.67 bits per heavy atom. The second-order valence-electron chi connectivity index (χ2n) is 5.42. The summed E-state index contributed by atoms with van der Waals surface area (Å²) in [6.07, 6.45) is 4.38. The standard InChI is InChI=1S/C19H17ClN2O2/c1-24-19(23)17-5-3-2-4-15(17)13-22-11-10-21-18(22)12-14-6-8-16(20)9-7-14/h2-11H,12-13H2,1H3. The first-order valence-electron chi connectivity index (χ1n) is 7.58. The van der Waals surface area contributed by atoms with Crippen molar-refractivity contribution in [2.24, 2.45) is 0 Å². The van der Waals surface area contributed by atoms with Gasteiger partial charge >= 0.3 is 5.97 Å². The minimum atomic E-state index is -0.329. The number of hydrogen-bond donors (Lipinski definition) is 0. The van der Waals surface area contributed by atoms with Crippen molar-refractivity contribution in [1.82, 2.24) is 9.55 Å². The van der Waals surface area contributed by atoms with Crippen LogP contribution >= 0.6 is 11.6 Å². The van der Waals surface area contributed by atoms with Gasteiger partial charge in [-0.3, -0.25) is 0 Å². The van der Waals surface area contributed by atoms with Gasteiger partial charge in [-0.1, -0.05) is 41.9 Å². The lowest BCUT2D eigenvalue weighted by Crippen LogP contribution is -2.10. The molecule has 2 aromatic carbocycles. The second-order valence-corrected chi connectivity index (χ2v) is 5.86. The fraction of sp³-hybridized carbons (Fsp3) is 0.158. The second kappa shape index (κ2) is 7.32. The van der Waals surface area contributed by atoms with Crippen molar-refractivity contribution < 1.29 is 9.53 Å². The fourth-order valence-electron chi connectivity index (χ4n) is 2.59. The van der Waals surface area contributed by atoms with E-state index in [1.165, 1.54) is 7.11 Å². The molecule has 0 bridgehead atoms. The first-order chi connectivity index (χ1) is 11.7. The van der Waals surface area contributed by atoms with Crippen LogP contribution in [0.15, 0.2) is 60.9 Å². The van der Waals surface area contributed by atoms with Gasteiger partial charge in [0, 0.05) is 30.4 Å². The average Bonchev–Trinajstić information content (AvgIpc) is 3.03. The van der Waals surface area contributed by atoms with Gasteiger partial charge in [0.2, 0.25) is 0 Å². The predicted molar refractivity (Wildman–Crippen MR) is 93.4 cm³/mol. The number of esters is 1. The van der Waals surface area contributed by atoms with Crippen molar-refractivity contribution in [2.75, 3.05) is 7.11 Å². The van der Waals surface area contributed by atoms with Crippen LogP contribution in [0.1, 0.15) is 27.3 Å². The first-order valence-corrected chi connectivity index (χ1v) is 7.96. The van der Waals surface area contributed by atoms with E-state index < -0.39 is 0 Å². The van der Waals surface area contributed by atoms with Crippen LogP contribution < -0.4 is 0 Å². The molecule has 1 heterocycles. The maximum absolute atomic E-state index is 11.9. The summed E-state index contributed by atoms with van der Waals surface area (Å²) < 4.78 is 6.89. The van der Waals surface area contributed by atoms with Crippen LogP contribution in [0.4, 0.5) is 0 Å². The van der Waals surface area contributed by atoms with Crippen LogP contribution in [-0.4, -0.2) is 22.6 Å². The molecule has 3 rings (SSSR count). The monoisotopic (exact) mass is 340 g/mol. The van der Waals surface area contributed by atoms with E-state index in [-0.39, 0.29) is 5.97 Å². The first kappa shape index (κ1) is 16.3. The number of rotatable bonds is 5. The van der Waals surface area contributed by atoms with E-state index in [0.29, 0.717) is 23.6 Å². The third kappa shape index (κ3) is 3.66. The van der Waals surface area contributed by atoms with Gasteiger partial charge in [0.25, 0.3) is 0 Å². The Bertz CT molecular complexity index is 841. The predicted octanol–water partition coefficient (Wildman–Crippen LogP) is 3.96. The molecule has 0 N–H and O–H groups in total. The lowest BCUT2D eigenvalue weighted by Gasteiger charge is -2.11. The Hall–Kier alpha value is -2.59. The Morgan fingerprint density at radius 1 is 1.17 bits per heavy atom. The van der Waals surface area contributed by atoms with E-state index in [0.717, 1.165) is 17.0 Å². The van der Waals surface area contributed by atoms with Crippen molar-refractivity contribution >= 4 is 17.6 Å². The number of benzene rings is 2. The molecule has 0 aliphatic heterocycles. The van der Waals surface area contributed by atoms with Crippen LogP contribution in [0.25, 0.3) is 0 Å². The zero-order chi connectivity index (χ0) is 16.9. The Labute approximate surface area is 145 Å². The summed E-state index contributed by atoms with van der Waals surface area (Å²) in [6, 6.07) is 15.2. The number of carbonyl (C=O) groups excluding carboxylic acids is 1. The van der Waals surface area contributed by atoms with Gasteiger partial charge in [0.05, 0.1) is 12.7 Å². The van der Waals surface area contributed by atoms with E-state index in [9.17, 15) is 4.79 Å². The lowest BCUT2D eigenvalue weighted by molar-refractivity contribution is 0.0599. The summed E-state index contributed by atoms with van der Waals surface area (Å²) in [6.45, 7) is 0.564. The molecule has 122 valence electrons. The molecule has 3 aromatic rings. The van der Waals surface area contributed by atoms with Crippen LogP contribution in [0.2, 0.25) is 5.02 Å². The summed E-state index contributed by atoms with van der Waals surface area (Å²) in [5.74, 6) is 0.599. The molecule has 0 spiro atoms. The number of hydrogen-bond acceptors (Lipinski definition) is 3. The summed E-state index contributed by atoms with van der Waals surface area (Å²) in [5, 5.41) is 0.717. The lowest BCUT2D eigenvalue weighted by atomic mass is 10.1. The molecule has 4 nitrogen and oxygen atoms in total. The van der Waals surface area contributed by atoms with E-state index in [1.54, 1.807) is 12.3 Å². The summed E-state index contributed by atoms with van der Waals surface area (Å²) in [5.41, 5.74) is 2.61. The number of methoxy groups -OCH3 is 1. The van der Waals surface area contributed by atoms with Gasteiger partial charge < -0.3 is 9.30 Å². The van der Waals surface area contributed by atoms with Gasteiger partial charge in [-0.2, -0.15) is 0 Å². The van der Waals surface area contributed by atoms with Gasteiger partial charge in [-0.25, -0.2) is 9.78 Å². The molecule has 0 fully saturated rings. The highest BCUT2D eigenvalue weighted by molar-refractivity contribution is 6.30. The van der Waals surface area contributed by atoms with Crippen LogP contribution in [0.5, 0.6) is 0 Å². The molecule has 0 amide bonds. The Kier molecular flexibility index (Phi) is 4.96. The quantitative estimate of drug-likeness (QED) is 0.660. The molecule has 1 aromatic heterocycles. The maximum Gasteiger partial charge on any atom is 0.338 e. The Balaban J connectivity index is 1.84. The highest BCUT2D eigenvalue weighted by Gasteiger charge is 2.13. The largest absolute Gasteiger partial charge is 0.465 e. The number of halogens is 1. The average molecular weight is 341 g/mol. The number of nitrogens with zero attached hydrogens (tertiary/aromatic N) is 2. The molecule has 0 aliphatic carbocycles. The minimum absolute atomic E-state index is 0.329. The molecule has 5 heteroatoms. The van der Waals surface area contributed by atoms with Gasteiger partial charge in [0.15, 0.2) is 0 Å². The molecular weight excluding hydrogens is 324 g/mol. The zero-order valence-corrected chi connectivity index (χ0v) is 14.0. The molecule has 0 saturated carbocycles. The SMILES string of the molecule is COC(=O)c1ccccc1Cn1ccnc1Cc1ccc(Cl)cc1. The summed E-state index contributed by atoms with van der Waals surface area (Å²) in [7, 11) is 1.39. The number of ether oxygens (including phenoxy) is 1. The minimum Gasteiger partial charge on any atom is -0.465 e. The molecule has 0 atom stereocenters.